The van der Waals surface area contributed by atoms with Gasteiger partial charge in [-0.15, -0.1) is 10.2 Å². The van der Waals surface area contributed by atoms with Crippen LogP contribution < -0.4 is 0 Å². The number of ether oxygens (including phenoxy) is 1. The second-order valence-electron chi connectivity index (χ2n) is 3.88. The molecule has 0 bridgehead atoms. The molecule has 6 heteroatoms. The number of aryl methyl sites for hydroxylation is 1. The second-order valence-corrected chi connectivity index (χ2v) is 3.88. The first-order valence-corrected chi connectivity index (χ1v) is 6.38. The summed E-state index contributed by atoms with van der Waals surface area (Å²) in [5, 5.41) is 8.82. The summed E-state index contributed by atoms with van der Waals surface area (Å²) in [5.41, 5.74) is 2.30. The zero-order chi connectivity index (χ0) is 14.7. The van der Waals surface area contributed by atoms with Gasteiger partial charge in [0, 0.05) is 12.4 Å². The van der Waals surface area contributed by atoms with Crippen molar-refractivity contribution in [3.8, 4) is 0 Å². The summed E-state index contributed by atoms with van der Waals surface area (Å²) in [4.78, 5) is 15.6. The standard InChI is InChI=1S/C12H10N4O2.C2H6/c1-16-8-6-4-3-5-7(8)9-11(16)13-10(15-14-9)12(17)18-2;1-2/h3-6H,1-2H3;1-2H3. The minimum absolute atomic E-state index is 0.0316. The molecule has 20 heavy (non-hydrogen) atoms. The van der Waals surface area contributed by atoms with Crippen LogP contribution in [0.3, 0.4) is 0 Å². The van der Waals surface area contributed by atoms with Crippen LogP contribution in [0.4, 0.5) is 0 Å². The number of carbonyl (C=O) groups excluding carboxylic acids is 1. The Balaban J connectivity index is 0.000000704. The van der Waals surface area contributed by atoms with Crippen LogP contribution in [0.1, 0.15) is 24.5 Å². The van der Waals surface area contributed by atoms with Crippen molar-refractivity contribution in [3.63, 3.8) is 0 Å². The van der Waals surface area contributed by atoms with Crippen molar-refractivity contribution in [2.45, 2.75) is 13.8 Å². The van der Waals surface area contributed by atoms with Gasteiger partial charge in [0.2, 0.25) is 0 Å². The zero-order valence-corrected chi connectivity index (χ0v) is 11.9. The van der Waals surface area contributed by atoms with Crippen LogP contribution in [0.2, 0.25) is 0 Å². The lowest BCUT2D eigenvalue weighted by molar-refractivity contribution is 0.0585. The number of hydrogen-bond donors (Lipinski definition) is 0. The van der Waals surface area contributed by atoms with Gasteiger partial charge in [0.15, 0.2) is 5.65 Å². The monoisotopic (exact) mass is 272 g/mol. The first-order valence-electron chi connectivity index (χ1n) is 6.38. The number of hydrogen-bond acceptors (Lipinski definition) is 5. The van der Waals surface area contributed by atoms with Crippen molar-refractivity contribution in [1.29, 1.82) is 0 Å². The Bertz CT molecular complexity index is 764. The topological polar surface area (TPSA) is 69.9 Å². The summed E-state index contributed by atoms with van der Waals surface area (Å²) in [7, 11) is 3.16. The molecule has 3 aromatic rings. The predicted molar refractivity (Wildman–Crippen MR) is 76.5 cm³/mol. The third-order valence-electron chi connectivity index (χ3n) is 2.87. The lowest BCUT2D eigenvalue weighted by atomic mass is 10.2. The van der Waals surface area contributed by atoms with E-state index >= 15 is 0 Å². The maximum atomic E-state index is 11.4. The van der Waals surface area contributed by atoms with Gasteiger partial charge in [-0.2, -0.15) is 0 Å². The molecule has 3 rings (SSSR count). The van der Waals surface area contributed by atoms with E-state index < -0.39 is 5.97 Å². The Morgan fingerprint density at radius 1 is 1.20 bits per heavy atom. The molecule has 2 heterocycles. The molecule has 0 aliphatic rings. The van der Waals surface area contributed by atoms with Crippen molar-refractivity contribution in [3.05, 3.63) is 30.1 Å². The van der Waals surface area contributed by atoms with Crippen LogP contribution in [0, 0.1) is 0 Å². The first-order chi connectivity index (χ1) is 9.72. The van der Waals surface area contributed by atoms with Crippen molar-refractivity contribution in [2.75, 3.05) is 7.11 Å². The number of esters is 1. The quantitative estimate of drug-likeness (QED) is 0.636. The number of nitrogens with zero attached hydrogens (tertiary/aromatic N) is 4. The molecule has 0 atom stereocenters. The minimum atomic E-state index is -0.588. The predicted octanol–water partition coefficient (Wildman–Crippen LogP) is 2.33. The molecule has 2 aromatic heterocycles. The average Bonchev–Trinajstić information content (AvgIpc) is 2.82. The van der Waals surface area contributed by atoms with Gasteiger partial charge in [-0.1, -0.05) is 32.0 Å². The van der Waals surface area contributed by atoms with Crippen LogP contribution in [-0.2, 0) is 11.8 Å². The Hall–Kier alpha value is -2.50. The molecule has 0 radical (unpaired) electrons. The highest BCUT2D eigenvalue weighted by molar-refractivity contribution is 6.04. The molecule has 0 amide bonds. The summed E-state index contributed by atoms with van der Waals surface area (Å²) < 4.78 is 6.47. The zero-order valence-electron chi connectivity index (χ0n) is 11.9. The summed E-state index contributed by atoms with van der Waals surface area (Å²) in [6.45, 7) is 4.00. The molecule has 0 spiro atoms. The van der Waals surface area contributed by atoms with E-state index in [-0.39, 0.29) is 5.82 Å². The van der Waals surface area contributed by atoms with Gasteiger partial charge in [-0.3, -0.25) is 0 Å². The van der Waals surface area contributed by atoms with Crippen molar-refractivity contribution in [1.82, 2.24) is 19.7 Å². The summed E-state index contributed by atoms with van der Waals surface area (Å²) in [6.07, 6.45) is 0. The van der Waals surface area contributed by atoms with E-state index in [9.17, 15) is 4.79 Å². The number of para-hydroxylation sites is 1. The van der Waals surface area contributed by atoms with Crippen molar-refractivity contribution in [2.24, 2.45) is 7.05 Å². The van der Waals surface area contributed by atoms with Gasteiger partial charge in [-0.25, -0.2) is 9.78 Å². The van der Waals surface area contributed by atoms with Crippen LogP contribution in [-0.4, -0.2) is 32.8 Å². The van der Waals surface area contributed by atoms with Crippen LogP contribution in [0.25, 0.3) is 22.1 Å². The van der Waals surface area contributed by atoms with Crippen LogP contribution in [0.5, 0.6) is 0 Å². The van der Waals surface area contributed by atoms with Gasteiger partial charge in [0.1, 0.15) is 5.52 Å². The molecular weight excluding hydrogens is 256 g/mol. The fraction of sp³-hybridized carbons (Fsp3) is 0.286. The smallest absolute Gasteiger partial charge is 0.378 e. The number of carbonyl (C=O) groups is 1. The van der Waals surface area contributed by atoms with Gasteiger partial charge in [-0.05, 0) is 6.07 Å². The summed E-state index contributed by atoms with van der Waals surface area (Å²) in [5.74, 6) is -0.620. The number of fused-ring (bicyclic) bond motifs is 3. The van der Waals surface area contributed by atoms with E-state index in [0.29, 0.717) is 11.2 Å². The van der Waals surface area contributed by atoms with E-state index in [1.807, 2.05) is 49.7 Å². The normalized spacial score (nSPS) is 10.2. The van der Waals surface area contributed by atoms with Gasteiger partial charge in [0.25, 0.3) is 5.82 Å². The van der Waals surface area contributed by atoms with E-state index in [4.69, 9.17) is 0 Å². The Kier molecular flexibility index (Phi) is 3.93. The SMILES string of the molecule is CC.COC(=O)c1nnc2c3ccccc3n(C)c2n1. The van der Waals surface area contributed by atoms with Gasteiger partial charge < -0.3 is 9.30 Å². The maximum Gasteiger partial charge on any atom is 0.378 e. The van der Waals surface area contributed by atoms with Gasteiger partial charge in [0.05, 0.1) is 12.6 Å². The Morgan fingerprint density at radius 3 is 2.60 bits per heavy atom. The number of benzene rings is 1. The maximum absolute atomic E-state index is 11.4. The molecule has 0 aliphatic heterocycles. The Labute approximate surface area is 116 Å². The average molecular weight is 272 g/mol. The highest BCUT2D eigenvalue weighted by Gasteiger charge is 2.15. The summed E-state index contributed by atoms with van der Waals surface area (Å²) in [6, 6.07) is 7.79. The Morgan fingerprint density at radius 2 is 1.90 bits per heavy atom. The molecule has 104 valence electrons. The molecule has 0 saturated heterocycles. The lowest BCUT2D eigenvalue weighted by Gasteiger charge is -1.98. The minimum Gasteiger partial charge on any atom is -0.463 e. The number of aromatic nitrogens is 4. The lowest BCUT2D eigenvalue weighted by Crippen LogP contribution is -2.09. The van der Waals surface area contributed by atoms with Crippen molar-refractivity contribution >= 4 is 28.0 Å². The molecular formula is C14H16N4O2. The van der Waals surface area contributed by atoms with Crippen molar-refractivity contribution < 1.29 is 9.53 Å². The molecule has 0 N–H and O–H groups in total. The molecule has 0 saturated carbocycles. The highest BCUT2D eigenvalue weighted by Crippen LogP contribution is 2.24. The van der Waals surface area contributed by atoms with Crippen LogP contribution >= 0.6 is 0 Å². The van der Waals surface area contributed by atoms with E-state index in [1.165, 1.54) is 7.11 Å². The third-order valence-corrected chi connectivity index (χ3v) is 2.87. The van der Waals surface area contributed by atoms with E-state index in [2.05, 4.69) is 19.9 Å². The fourth-order valence-electron chi connectivity index (χ4n) is 1.98. The molecule has 1 aromatic carbocycles. The van der Waals surface area contributed by atoms with Gasteiger partial charge >= 0.3 is 5.97 Å². The summed E-state index contributed by atoms with van der Waals surface area (Å²) >= 11 is 0. The van der Waals surface area contributed by atoms with E-state index in [1.54, 1.807) is 0 Å². The fourth-order valence-corrected chi connectivity index (χ4v) is 1.98. The molecule has 0 unspecified atom stereocenters. The highest BCUT2D eigenvalue weighted by atomic mass is 16.5. The number of rotatable bonds is 1. The molecule has 6 nitrogen and oxygen atoms in total. The molecule has 0 fully saturated rings. The van der Waals surface area contributed by atoms with Crippen LogP contribution in [0.15, 0.2) is 24.3 Å². The third kappa shape index (κ3) is 2.09. The molecule has 0 aliphatic carbocycles. The largest absolute Gasteiger partial charge is 0.463 e. The first kappa shape index (κ1) is 13.9. The van der Waals surface area contributed by atoms with E-state index in [0.717, 1.165) is 10.9 Å². The number of methoxy groups -OCH3 is 1. The second kappa shape index (κ2) is 5.64.